The smallest absolute Gasteiger partial charge is 0.230 e. The Morgan fingerprint density at radius 2 is 1.67 bits per heavy atom. The molecule has 0 aliphatic carbocycles. The van der Waals surface area contributed by atoms with Crippen LogP contribution in [0.3, 0.4) is 0 Å². The van der Waals surface area contributed by atoms with Gasteiger partial charge in [0.25, 0.3) is 0 Å². The summed E-state index contributed by atoms with van der Waals surface area (Å²) in [5, 5.41) is 10.2. The highest BCUT2D eigenvalue weighted by Gasteiger charge is 2.38. The van der Waals surface area contributed by atoms with Gasteiger partial charge in [-0.3, -0.25) is 4.98 Å². The Bertz CT molecular complexity index is 1730. The Morgan fingerprint density at radius 1 is 0.889 bits per heavy atom. The van der Waals surface area contributed by atoms with Gasteiger partial charge in [0.15, 0.2) is 11.5 Å². The van der Waals surface area contributed by atoms with Crippen LogP contribution in [0, 0.1) is 6.92 Å². The van der Waals surface area contributed by atoms with Crippen LogP contribution >= 0.6 is 11.6 Å². The van der Waals surface area contributed by atoms with Gasteiger partial charge in [-0.05, 0) is 48.9 Å². The molecular weight excluding hydrogens is 474 g/mol. The zero-order valence-corrected chi connectivity index (χ0v) is 19.8. The SMILES string of the molecule is Cc1nn(-c2ccccc2)c2c1C(c1ccc(Cl)cc1)c1c(ncn3nc(-c4ccncc4)nc13)O2. The van der Waals surface area contributed by atoms with Gasteiger partial charge in [-0.15, -0.1) is 5.10 Å². The van der Waals surface area contributed by atoms with Crippen LogP contribution in [0.5, 0.6) is 11.8 Å². The van der Waals surface area contributed by atoms with Crippen molar-refractivity contribution in [2.75, 3.05) is 0 Å². The minimum Gasteiger partial charge on any atom is -0.420 e. The van der Waals surface area contributed by atoms with Gasteiger partial charge in [-0.1, -0.05) is 41.9 Å². The van der Waals surface area contributed by atoms with Crippen molar-refractivity contribution in [1.82, 2.24) is 34.3 Å². The van der Waals surface area contributed by atoms with Gasteiger partial charge in [-0.2, -0.15) is 5.10 Å². The highest BCUT2D eigenvalue weighted by molar-refractivity contribution is 6.30. The topological polar surface area (TPSA) is 83.0 Å². The summed E-state index contributed by atoms with van der Waals surface area (Å²) in [6.45, 7) is 2.00. The molecule has 0 spiro atoms. The molecule has 9 heteroatoms. The lowest BCUT2D eigenvalue weighted by molar-refractivity contribution is 0.402. The van der Waals surface area contributed by atoms with E-state index in [1.165, 1.54) is 0 Å². The fourth-order valence-corrected chi connectivity index (χ4v) is 4.86. The second-order valence-corrected chi connectivity index (χ2v) is 8.98. The Labute approximate surface area is 210 Å². The summed E-state index contributed by atoms with van der Waals surface area (Å²) in [5.74, 6) is 1.46. The van der Waals surface area contributed by atoms with Gasteiger partial charge in [-0.25, -0.2) is 19.2 Å². The molecular formula is C27H18ClN7O. The third-order valence-electron chi connectivity index (χ3n) is 6.36. The number of rotatable bonds is 3. The third kappa shape index (κ3) is 3.19. The summed E-state index contributed by atoms with van der Waals surface area (Å²) < 4.78 is 9.98. The first-order valence-electron chi connectivity index (χ1n) is 11.4. The lowest BCUT2D eigenvalue weighted by Crippen LogP contribution is -2.16. The molecule has 0 amide bonds. The number of fused-ring (bicyclic) bond motifs is 4. The minimum atomic E-state index is -0.232. The third-order valence-corrected chi connectivity index (χ3v) is 6.61. The van der Waals surface area contributed by atoms with E-state index in [9.17, 15) is 0 Å². The first-order chi connectivity index (χ1) is 17.7. The number of benzene rings is 2. The predicted octanol–water partition coefficient (Wildman–Crippen LogP) is 5.62. The Kier molecular flexibility index (Phi) is 4.62. The summed E-state index contributed by atoms with van der Waals surface area (Å²) in [6, 6.07) is 21.5. The van der Waals surface area contributed by atoms with Gasteiger partial charge in [0.2, 0.25) is 11.8 Å². The van der Waals surface area contributed by atoms with E-state index in [1.54, 1.807) is 23.2 Å². The van der Waals surface area contributed by atoms with E-state index in [1.807, 2.05) is 78.3 Å². The summed E-state index contributed by atoms with van der Waals surface area (Å²) >= 11 is 6.25. The Hall–Kier alpha value is -4.56. The van der Waals surface area contributed by atoms with Crippen LogP contribution in [0.4, 0.5) is 0 Å². The van der Waals surface area contributed by atoms with E-state index < -0.39 is 0 Å². The molecule has 0 saturated heterocycles. The lowest BCUT2D eigenvalue weighted by Gasteiger charge is -2.26. The van der Waals surface area contributed by atoms with Gasteiger partial charge >= 0.3 is 0 Å². The van der Waals surface area contributed by atoms with Crippen LogP contribution in [-0.4, -0.2) is 34.3 Å². The fraction of sp³-hybridized carbons (Fsp3) is 0.0741. The molecule has 1 unspecified atom stereocenters. The van der Waals surface area contributed by atoms with Crippen molar-refractivity contribution in [3.63, 3.8) is 0 Å². The summed E-state index contributed by atoms with van der Waals surface area (Å²) in [7, 11) is 0. The maximum absolute atomic E-state index is 6.45. The number of halogens is 1. The number of hydrogen-bond acceptors (Lipinski definition) is 6. The van der Waals surface area contributed by atoms with Gasteiger partial charge < -0.3 is 4.74 Å². The molecule has 1 atom stereocenters. The number of ether oxygens (including phenoxy) is 1. The van der Waals surface area contributed by atoms with E-state index in [-0.39, 0.29) is 5.92 Å². The number of hydrogen-bond donors (Lipinski definition) is 0. The molecule has 0 radical (unpaired) electrons. The van der Waals surface area contributed by atoms with E-state index in [0.29, 0.717) is 28.3 Å². The molecule has 36 heavy (non-hydrogen) atoms. The average molecular weight is 492 g/mol. The highest BCUT2D eigenvalue weighted by Crippen LogP contribution is 2.49. The van der Waals surface area contributed by atoms with Crippen LogP contribution in [-0.2, 0) is 0 Å². The molecule has 5 heterocycles. The molecule has 0 bridgehead atoms. The first-order valence-corrected chi connectivity index (χ1v) is 11.8. The van der Waals surface area contributed by atoms with E-state index in [0.717, 1.165) is 33.6 Å². The first kappa shape index (κ1) is 20.8. The van der Waals surface area contributed by atoms with Gasteiger partial charge in [0.1, 0.15) is 6.33 Å². The molecule has 1 aliphatic heterocycles. The molecule has 1 aliphatic rings. The molecule has 0 saturated carbocycles. The Balaban J connectivity index is 1.50. The molecule has 6 aromatic rings. The molecule has 0 N–H and O–H groups in total. The zero-order valence-electron chi connectivity index (χ0n) is 19.1. The normalized spacial score (nSPS) is 14.3. The monoisotopic (exact) mass is 491 g/mol. The molecule has 0 fully saturated rings. The fourth-order valence-electron chi connectivity index (χ4n) is 4.73. The van der Waals surface area contributed by atoms with Crippen LogP contribution in [0.2, 0.25) is 5.02 Å². The standard InChI is InChI=1S/C27H18ClN7O/c1-16-21-22(17-7-9-19(28)10-8-17)23-25-31-24(18-11-13-29-14-12-18)33-34(25)15-30-26(23)36-27(21)35(32-16)20-5-3-2-4-6-20/h2-15,22H,1H3. The summed E-state index contributed by atoms with van der Waals surface area (Å²) in [4.78, 5) is 13.7. The summed E-state index contributed by atoms with van der Waals surface area (Å²) in [6.07, 6.45) is 5.08. The van der Waals surface area contributed by atoms with Crippen molar-refractivity contribution < 1.29 is 4.74 Å². The van der Waals surface area contributed by atoms with E-state index in [4.69, 9.17) is 26.4 Å². The average Bonchev–Trinajstić information content (AvgIpc) is 3.50. The zero-order chi connectivity index (χ0) is 24.2. The predicted molar refractivity (Wildman–Crippen MR) is 135 cm³/mol. The van der Waals surface area contributed by atoms with Crippen molar-refractivity contribution in [2.45, 2.75) is 12.8 Å². The minimum absolute atomic E-state index is 0.232. The number of para-hydroxylation sites is 1. The maximum Gasteiger partial charge on any atom is 0.230 e. The molecule has 4 aromatic heterocycles. The van der Waals surface area contributed by atoms with Crippen LogP contribution < -0.4 is 4.74 Å². The quantitative estimate of drug-likeness (QED) is 0.319. The van der Waals surface area contributed by atoms with Crippen molar-refractivity contribution in [3.05, 3.63) is 113 Å². The second-order valence-electron chi connectivity index (χ2n) is 8.54. The second kappa shape index (κ2) is 8.00. The van der Waals surface area contributed by atoms with Crippen molar-refractivity contribution >= 4 is 17.2 Å². The number of aromatic nitrogens is 7. The summed E-state index contributed by atoms with van der Waals surface area (Å²) in [5.41, 5.74) is 6.12. The van der Waals surface area contributed by atoms with Crippen molar-refractivity contribution in [1.29, 1.82) is 0 Å². The highest BCUT2D eigenvalue weighted by atomic mass is 35.5. The van der Waals surface area contributed by atoms with Gasteiger partial charge in [0.05, 0.1) is 28.4 Å². The number of pyridine rings is 1. The number of nitrogens with zero attached hydrogens (tertiary/aromatic N) is 7. The van der Waals surface area contributed by atoms with Crippen LogP contribution in [0.15, 0.2) is 85.5 Å². The Morgan fingerprint density at radius 3 is 2.44 bits per heavy atom. The largest absolute Gasteiger partial charge is 0.420 e. The van der Waals surface area contributed by atoms with Crippen LogP contribution in [0.25, 0.3) is 22.7 Å². The molecule has 7 rings (SSSR count). The van der Waals surface area contributed by atoms with E-state index in [2.05, 4.69) is 15.1 Å². The van der Waals surface area contributed by atoms with E-state index >= 15 is 0 Å². The molecule has 8 nitrogen and oxygen atoms in total. The van der Waals surface area contributed by atoms with Gasteiger partial charge in [0, 0.05) is 23.0 Å². The number of aryl methyl sites for hydroxylation is 1. The maximum atomic E-state index is 6.45. The van der Waals surface area contributed by atoms with Crippen molar-refractivity contribution in [2.24, 2.45) is 0 Å². The lowest BCUT2D eigenvalue weighted by atomic mass is 9.84. The molecule has 174 valence electrons. The van der Waals surface area contributed by atoms with Crippen molar-refractivity contribution in [3.8, 4) is 28.8 Å². The van der Waals surface area contributed by atoms with Crippen LogP contribution in [0.1, 0.15) is 28.3 Å². The molecule has 2 aromatic carbocycles.